The molecule has 0 bridgehead atoms. The molecule has 18 heavy (non-hydrogen) atoms. The molecule has 1 atom stereocenters. The van der Waals surface area contributed by atoms with Gasteiger partial charge in [0.2, 0.25) is 0 Å². The summed E-state index contributed by atoms with van der Waals surface area (Å²) < 4.78 is 11.3. The molecule has 1 saturated heterocycles. The van der Waals surface area contributed by atoms with Crippen molar-refractivity contribution in [2.24, 2.45) is 11.8 Å². The maximum absolute atomic E-state index is 5.77. The van der Waals surface area contributed by atoms with Crippen LogP contribution in [0.2, 0.25) is 0 Å². The Labute approximate surface area is 111 Å². The third-order valence-electron chi connectivity index (χ3n) is 4.64. The van der Waals surface area contributed by atoms with E-state index < -0.39 is 0 Å². The Hall–Kier alpha value is -0.120. The SMILES string of the molecule is CN(CCOC[C@H]1CCCO1)C(C1CC1)C1CC1. The average Bonchev–Trinajstić information content (AvgIpc) is 3.29. The zero-order valence-corrected chi connectivity index (χ0v) is 11.6. The van der Waals surface area contributed by atoms with Crippen molar-refractivity contribution in [2.75, 3.05) is 33.4 Å². The molecule has 0 N–H and O–H groups in total. The van der Waals surface area contributed by atoms with Gasteiger partial charge in [-0.3, -0.25) is 0 Å². The van der Waals surface area contributed by atoms with Crippen LogP contribution in [-0.4, -0.2) is 50.5 Å². The van der Waals surface area contributed by atoms with Gasteiger partial charge in [-0.15, -0.1) is 0 Å². The molecule has 3 nitrogen and oxygen atoms in total. The summed E-state index contributed by atoms with van der Waals surface area (Å²) in [6.07, 6.45) is 8.61. The number of nitrogens with zero attached hydrogens (tertiary/aromatic N) is 1. The fraction of sp³-hybridized carbons (Fsp3) is 1.00. The second-order valence-corrected chi connectivity index (χ2v) is 6.36. The van der Waals surface area contributed by atoms with Crippen LogP contribution < -0.4 is 0 Å². The fourth-order valence-corrected chi connectivity index (χ4v) is 3.33. The maximum atomic E-state index is 5.77. The van der Waals surface area contributed by atoms with Gasteiger partial charge in [0.05, 0.1) is 19.3 Å². The molecule has 0 aromatic heterocycles. The molecule has 104 valence electrons. The van der Waals surface area contributed by atoms with Crippen molar-refractivity contribution in [3.8, 4) is 0 Å². The van der Waals surface area contributed by atoms with Crippen molar-refractivity contribution >= 4 is 0 Å². The maximum Gasteiger partial charge on any atom is 0.0809 e. The van der Waals surface area contributed by atoms with Gasteiger partial charge in [0.1, 0.15) is 0 Å². The molecule has 1 aliphatic heterocycles. The highest BCUT2D eigenvalue weighted by Gasteiger charge is 2.43. The Morgan fingerprint density at radius 2 is 1.89 bits per heavy atom. The highest BCUT2D eigenvalue weighted by molar-refractivity contribution is 4.96. The number of hydrogen-bond donors (Lipinski definition) is 0. The first-order valence-electron chi connectivity index (χ1n) is 7.74. The summed E-state index contributed by atoms with van der Waals surface area (Å²) >= 11 is 0. The van der Waals surface area contributed by atoms with E-state index >= 15 is 0 Å². The standard InChI is InChI=1S/C15H27NO2/c1-16(15(12-4-5-12)13-6-7-13)8-10-17-11-14-3-2-9-18-14/h12-15H,2-11H2,1H3/t14-/m1/s1. The summed E-state index contributed by atoms with van der Waals surface area (Å²) in [5.74, 6) is 2.00. The lowest BCUT2D eigenvalue weighted by Gasteiger charge is -2.28. The van der Waals surface area contributed by atoms with Gasteiger partial charge in [0.25, 0.3) is 0 Å². The van der Waals surface area contributed by atoms with Crippen molar-refractivity contribution in [2.45, 2.75) is 50.7 Å². The van der Waals surface area contributed by atoms with Crippen LogP contribution in [0.15, 0.2) is 0 Å². The lowest BCUT2D eigenvalue weighted by atomic mass is 10.1. The average molecular weight is 253 g/mol. The summed E-state index contributed by atoms with van der Waals surface area (Å²) in [5, 5.41) is 0. The fourth-order valence-electron chi connectivity index (χ4n) is 3.33. The molecule has 3 rings (SSSR count). The zero-order chi connectivity index (χ0) is 12.4. The van der Waals surface area contributed by atoms with Crippen LogP contribution in [0.25, 0.3) is 0 Å². The Bertz CT molecular complexity index is 245. The minimum Gasteiger partial charge on any atom is -0.377 e. The van der Waals surface area contributed by atoms with E-state index in [1.54, 1.807) is 0 Å². The molecule has 1 heterocycles. The van der Waals surface area contributed by atoms with Gasteiger partial charge >= 0.3 is 0 Å². The highest BCUT2D eigenvalue weighted by atomic mass is 16.5. The largest absolute Gasteiger partial charge is 0.377 e. The lowest BCUT2D eigenvalue weighted by molar-refractivity contribution is 0.00778. The molecule has 0 amide bonds. The highest BCUT2D eigenvalue weighted by Crippen LogP contribution is 2.46. The second-order valence-electron chi connectivity index (χ2n) is 6.36. The molecule has 0 aromatic carbocycles. The van der Waals surface area contributed by atoms with E-state index in [9.17, 15) is 0 Å². The molecule has 3 fully saturated rings. The van der Waals surface area contributed by atoms with Crippen molar-refractivity contribution in [1.29, 1.82) is 0 Å². The number of hydrogen-bond acceptors (Lipinski definition) is 3. The Balaban J connectivity index is 1.31. The minimum atomic E-state index is 0.373. The number of rotatable bonds is 8. The molecule has 2 saturated carbocycles. The van der Waals surface area contributed by atoms with Gasteiger partial charge in [-0.1, -0.05) is 0 Å². The molecule has 3 aliphatic rings. The normalized spacial score (nSPS) is 28.5. The van der Waals surface area contributed by atoms with E-state index in [2.05, 4.69) is 11.9 Å². The van der Waals surface area contributed by atoms with Crippen LogP contribution in [0.3, 0.4) is 0 Å². The van der Waals surface area contributed by atoms with E-state index in [0.717, 1.165) is 44.2 Å². The zero-order valence-electron chi connectivity index (χ0n) is 11.6. The van der Waals surface area contributed by atoms with Gasteiger partial charge in [0.15, 0.2) is 0 Å². The second kappa shape index (κ2) is 5.89. The molecule has 0 spiro atoms. The molecule has 3 heteroatoms. The monoisotopic (exact) mass is 253 g/mol. The third-order valence-corrected chi connectivity index (χ3v) is 4.64. The first kappa shape index (κ1) is 12.9. The first-order valence-corrected chi connectivity index (χ1v) is 7.74. The van der Waals surface area contributed by atoms with Gasteiger partial charge < -0.3 is 14.4 Å². The van der Waals surface area contributed by atoms with Crippen molar-refractivity contribution in [3.05, 3.63) is 0 Å². The number of ether oxygens (including phenoxy) is 2. The summed E-state index contributed by atoms with van der Waals surface area (Å²) in [6, 6.07) is 0.858. The van der Waals surface area contributed by atoms with Crippen LogP contribution >= 0.6 is 0 Å². The van der Waals surface area contributed by atoms with Crippen molar-refractivity contribution in [3.63, 3.8) is 0 Å². The van der Waals surface area contributed by atoms with E-state index in [1.807, 2.05) is 0 Å². The third kappa shape index (κ3) is 3.46. The lowest BCUT2D eigenvalue weighted by Crippen LogP contribution is -2.37. The van der Waals surface area contributed by atoms with Crippen molar-refractivity contribution < 1.29 is 9.47 Å². The van der Waals surface area contributed by atoms with Gasteiger partial charge in [-0.25, -0.2) is 0 Å². The quantitative estimate of drug-likeness (QED) is 0.620. The van der Waals surface area contributed by atoms with E-state index in [0.29, 0.717) is 6.10 Å². The van der Waals surface area contributed by atoms with Gasteiger partial charge in [-0.2, -0.15) is 0 Å². The topological polar surface area (TPSA) is 21.7 Å². The first-order chi connectivity index (χ1) is 8.84. The Kier molecular flexibility index (Phi) is 4.22. The van der Waals surface area contributed by atoms with Crippen molar-refractivity contribution in [1.82, 2.24) is 4.90 Å². The number of likely N-dealkylation sites (N-methyl/N-ethyl adjacent to an activating group) is 1. The summed E-state index contributed by atoms with van der Waals surface area (Å²) in [5.41, 5.74) is 0. The van der Waals surface area contributed by atoms with E-state index in [4.69, 9.17) is 9.47 Å². The molecular weight excluding hydrogens is 226 g/mol. The summed E-state index contributed by atoms with van der Waals surface area (Å²) in [7, 11) is 2.29. The summed E-state index contributed by atoms with van der Waals surface area (Å²) in [4.78, 5) is 2.56. The van der Waals surface area contributed by atoms with Crippen LogP contribution in [0.5, 0.6) is 0 Å². The molecule has 2 aliphatic carbocycles. The van der Waals surface area contributed by atoms with Crippen LogP contribution in [0.4, 0.5) is 0 Å². The Morgan fingerprint density at radius 1 is 1.17 bits per heavy atom. The molecule has 0 radical (unpaired) electrons. The van der Waals surface area contributed by atoms with E-state index in [1.165, 1.54) is 38.5 Å². The van der Waals surface area contributed by atoms with Gasteiger partial charge in [0, 0.05) is 19.2 Å². The van der Waals surface area contributed by atoms with Crippen LogP contribution in [0.1, 0.15) is 38.5 Å². The van der Waals surface area contributed by atoms with E-state index in [-0.39, 0.29) is 0 Å². The molecular formula is C15H27NO2. The smallest absolute Gasteiger partial charge is 0.0809 e. The Morgan fingerprint density at radius 3 is 2.44 bits per heavy atom. The predicted octanol–water partition coefficient (Wildman–Crippen LogP) is 2.30. The van der Waals surface area contributed by atoms with Crippen LogP contribution in [-0.2, 0) is 9.47 Å². The summed E-state index contributed by atoms with van der Waals surface area (Å²) in [6.45, 7) is 3.68. The van der Waals surface area contributed by atoms with Crippen LogP contribution in [0, 0.1) is 11.8 Å². The predicted molar refractivity (Wildman–Crippen MR) is 71.7 cm³/mol. The minimum absolute atomic E-state index is 0.373. The molecule has 0 unspecified atom stereocenters. The molecule has 0 aromatic rings. The van der Waals surface area contributed by atoms with Gasteiger partial charge in [-0.05, 0) is 57.4 Å².